The van der Waals surface area contributed by atoms with Crippen molar-refractivity contribution in [2.75, 3.05) is 6.54 Å². The lowest BCUT2D eigenvalue weighted by Gasteiger charge is -2.09. The first-order chi connectivity index (χ1) is 9.26. The Kier molecular flexibility index (Phi) is 5.82. The van der Waals surface area contributed by atoms with Crippen LogP contribution in [0.1, 0.15) is 18.9 Å². The molecule has 0 heterocycles. The van der Waals surface area contributed by atoms with E-state index in [1.807, 2.05) is 0 Å². The highest BCUT2D eigenvalue weighted by molar-refractivity contribution is 5.76. The number of amides is 1. The summed E-state index contributed by atoms with van der Waals surface area (Å²) in [4.78, 5) is 11.4. The van der Waals surface area contributed by atoms with Gasteiger partial charge in [0.25, 0.3) is 0 Å². The highest BCUT2D eigenvalue weighted by Crippen LogP contribution is 2.22. The van der Waals surface area contributed by atoms with E-state index in [0.29, 0.717) is 6.42 Å². The first-order valence-electron chi connectivity index (χ1n) is 6.06. The number of nitrogens with one attached hydrogen (secondary N) is 1. The maximum absolute atomic E-state index is 12.0. The zero-order chi connectivity index (χ0) is 15.2. The van der Waals surface area contributed by atoms with Gasteiger partial charge in [0.15, 0.2) is 0 Å². The molecule has 2 N–H and O–H groups in total. The average Bonchev–Trinajstić information content (AvgIpc) is 2.33. The lowest BCUT2D eigenvalue weighted by atomic mass is 10.1. The summed E-state index contributed by atoms with van der Waals surface area (Å²) >= 11 is 0. The zero-order valence-electron chi connectivity index (χ0n) is 10.9. The second-order valence-corrected chi connectivity index (χ2v) is 4.34. The monoisotopic (exact) mass is 291 g/mol. The van der Waals surface area contributed by atoms with Crippen LogP contribution in [-0.2, 0) is 11.2 Å². The van der Waals surface area contributed by atoms with Crippen LogP contribution in [0.2, 0.25) is 0 Å². The van der Waals surface area contributed by atoms with Crippen LogP contribution in [0.25, 0.3) is 0 Å². The third-order valence-electron chi connectivity index (χ3n) is 2.39. The van der Waals surface area contributed by atoms with Crippen molar-refractivity contribution in [2.45, 2.75) is 32.2 Å². The SMILES string of the molecule is CC(O)CNC(=O)CCc1ccc(OC(F)(F)F)cc1. The van der Waals surface area contributed by atoms with Gasteiger partial charge >= 0.3 is 6.36 Å². The number of carbonyl (C=O) groups is 1. The molecule has 0 radical (unpaired) electrons. The van der Waals surface area contributed by atoms with E-state index < -0.39 is 12.5 Å². The first-order valence-corrected chi connectivity index (χ1v) is 6.06. The van der Waals surface area contributed by atoms with Gasteiger partial charge in [-0.2, -0.15) is 0 Å². The molecule has 4 nitrogen and oxygen atoms in total. The Labute approximate surface area is 114 Å². The molecule has 0 aliphatic rings. The zero-order valence-corrected chi connectivity index (χ0v) is 10.9. The summed E-state index contributed by atoms with van der Waals surface area (Å²) in [6.45, 7) is 1.73. The molecule has 1 unspecified atom stereocenters. The van der Waals surface area contributed by atoms with E-state index in [0.717, 1.165) is 5.56 Å². The van der Waals surface area contributed by atoms with Crippen molar-refractivity contribution in [3.63, 3.8) is 0 Å². The minimum Gasteiger partial charge on any atom is -0.406 e. The largest absolute Gasteiger partial charge is 0.573 e. The summed E-state index contributed by atoms with van der Waals surface area (Å²) < 4.78 is 39.6. The minimum atomic E-state index is -4.71. The molecular weight excluding hydrogens is 275 g/mol. The number of carbonyl (C=O) groups excluding carboxylic acids is 1. The van der Waals surface area contributed by atoms with Gasteiger partial charge < -0.3 is 15.2 Å². The fourth-order valence-electron chi connectivity index (χ4n) is 1.47. The maximum Gasteiger partial charge on any atom is 0.573 e. The van der Waals surface area contributed by atoms with E-state index in [2.05, 4.69) is 10.1 Å². The molecule has 0 saturated heterocycles. The average molecular weight is 291 g/mol. The molecule has 1 aromatic rings. The topological polar surface area (TPSA) is 58.6 Å². The van der Waals surface area contributed by atoms with E-state index in [4.69, 9.17) is 5.11 Å². The van der Waals surface area contributed by atoms with Crippen molar-refractivity contribution in [2.24, 2.45) is 0 Å². The van der Waals surface area contributed by atoms with Gasteiger partial charge in [0.1, 0.15) is 5.75 Å². The summed E-state index contributed by atoms with van der Waals surface area (Å²) in [5.41, 5.74) is 0.728. The van der Waals surface area contributed by atoms with Crippen molar-refractivity contribution < 1.29 is 27.8 Å². The van der Waals surface area contributed by atoms with Crippen LogP contribution >= 0.6 is 0 Å². The standard InChI is InChI=1S/C13H16F3NO3/c1-9(18)8-17-12(19)7-4-10-2-5-11(6-3-10)20-13(14,15)16/h2-3,5-6,9,18H,4,7-8H2,1H3,(H,17,19). The van der Waals surface area contributed by atoms with E-state index in [9.17, 15) is 18.0 Å². The molecule has 0 aliphatic carbocycles. The number of aliphatic hydroxyl groups excluding tert-OH is 1. The van der Waals surface area contributed by atoms with Crippen LogP contribution < -0.4 is 10.1 Å². The molecular formula is C13H16F3NO3. The van der Waals surface area contributed by atoms with Gasteiger partial charge in [-0.1, -0.05) is 12.1 Å². The smallest absolute Gasteiger partial charge is 0.406 e. The van der Waals surface area contributed by atoms with Crippen LogP contribution in [0.4, 0.5) is 13.2 Å². The van der Waals surface area contributed by atoms with Gasteiger partial charge in [-0.05, 0) is 31.0 Å². The molecule has 0 fully saturated rings. The van der Waals surface area contributed by atoms with Crippen LogP contribution in [0.3, 0.4) is 0 Å². The third kappa shape index (κ3) is 6.98. The fraction of sp³-hybridized carbons (Fsp3) is 0.462. The maximum atomic E-state index is 12.0. The van der Waals surface area contributed by atoms with Crippen LogP contribution in [0.5, 0.6) is 5.75 Å². The van der Waals surface area contributed by atoms with Gasteiger partial charge in [-0.25, -0.2) is 0 Å². The third-order valence-corrected chi connectivity index (χ3v) is 2.39. The lowest BCUT2D eigenvalue weighted by molar-refractivity contribution is -0.274. The number of hydrogen-bond acceptors (Lipinski definition) is 3. The van der Waals surface area contributed by atoms with Crippen LogP contribution in [-0.4, -0.2) is 30.0 Å². The van der Waals surface area contributed by atoms with Crippen LogP contribution in [0, 0.1) is 0 Å². The molecule has 0 spiro atoms. The quantitative estimate of drug-likeness (QED) is 0.843. The highest BCUT2D eigenvalue weighted by Gasteiger charge is 2.30. The Balaban J connectivity index is 2.40. The van der Waals surface area contributed by atoms with Crippen molar-refractivity contribution in [3.05, 3.63) is 29.8 Å². The van der Waals surface area contributed by atoms with Gasteiger partial charge in [0, 0.05) is 13.0 Å². The first kappa shape index (κ1) is 16.3. The summed E-state index contributed by atoms with van der Waals surface area (Å²) in [6, 6.07) is 5.36. The molecule has 1 rings (SSSR count). The van der Waals surface area contributed by atoms with Gasteiger partial charge in [0.05, 0.1) is 6.10 Å². The number of aryl methyl sites for hydroxylation is 1. The van der Waals surface area contributed by atoms with E-state index in [1.165, 1.54) is 24.3 Å². The molecule has 20 heavy (non-hydrogen) atoms. The normalized spacial score (nSPS) is 12.8. The molecule has 0 bridgehead atoms. The van der Waals surface area contributed by atoms with Crippen molar-refractivity contribution in [1.29, 1.82) is 0 Å². The molecule has 1 aromatic carbocycles. The Bertz CT molecular complexity index is 429. The Hall–Kier alpha value is -1.76. The predicted molar refractivity (Wildman–Crippen MR) is 66.1 cm³/mol. The lowest BCUT2D eigenvalue weighted by Crippen LogP contribution is -2.30. The number of alkyl halides is 3. The summed E-state index contributed by atoms with van der Waals surface area (Å²) in [5, 5.41) is 11.5. The van der Waals surface area contributed by atoms with Crippen molar-refractivity contribution in [1.82, 2.24) is 5.32 Å². The van der Waals surface area contributed by atoms with Crippen molar-refractivity contribution >= 4 is 5.91 Å². The molecule has 1 amide bonds. The Morgan fingerprint density at radius 3 is 2.45 bits per heavy atom. The van der Waals surface area contributed by atoms with E-state index in [-0.39, 0.29) is 24.6 Å². The summed E-state index contributed by atoms with van der Waals surface area (Å²) in [6.07, 6.45) is -4.72. The number of ether oxygens (including phenoxy) is 1. The molecule has 0 aliphatic heterocycles. The van der Waals surface area contributed by atoms with Gasteiger partial charge in [-0.3, -0.25) is 4.79 Å². The number of rotatable bonds is 6. The number of halogens is 3. The van der Waals surface area contributed by atoms with E-state index in [1.54, 1.807) is 6.92 Å². The number of benzene rings is 1. The fourth-order valence-corrected chi connectivity index (χ4v) is 1.47. The molecule has 0 saturated carbocycles. The second-order valence-electron chi connectivity index (χ2n) is 4.34. The van der Waals surface area contributed by atoms with Gasteiger partial charge in [0.2, 0.25) is 5.91 Å². The molecule has 1 atom stereocenters. The molecule has 112 valence electrons. The summed E-state index contributed by atoms with van der Waals surface area (Å²) in [5.74, 6) is -0.513. The Morgan fingerprint density at radius 1 is 1.35 bits per heavy atom. The van der Waals surface area contributed by atoms with E-state index >= 15 is 0 Å². The van der Waals surface area contributed by atoms with Crippen molar-refractivity contribution in [3.8, 4) is 5.75 Å². The highest BCUT2D eigenvalue weighted by atomic mass is 19.4. The van der Waals surface area contributed by atoms with Crippen LogP contribution in [0.15, 0.2) is 24.3 Å². The molecule has 0 aromatic heterocycles. The Morgan fingerprint density at radius 2 is 1.95 bits per heavy atom. The summed E-state index contributed by atoms with van der Waals surface area (Å²) in [7, 11) is 0. The number of hydrogen-bond donors (Lipinski definition) is 2. The predicted octanol–water partition coefficient (Wildman–Crippen LogP) is 2.01. The number of aliphatic hydroxyl groups is 1. The second kappa shape index (κ2) is 7.14. The molecule has 7 heteroatoms. The van der Waals surface area contributed by atoms with Gasteiger partial charge in [-0.15, -0.1) is 13.2 Å². The minimum absolute atomic E-state index is 0.178.